The molecule has 7 heteroatoms. The lowest BCUT2D eigenvalue weighted by Crippen LogP contribution is -2.12. The standard InChI is InChI=1S/C19H15ClN4O2/c1-24-10-14(18(23-24)13-4-2-3-5-15(13)20)19(26)21-12-6-7-16-11(8-12)9-17(25)22-16/h2-8,10H,9H2,1H3,(H,21,26)(H,22,25). The molecule has 2 amide bonds. The third kappa shape index (κ3) is 2.95. The number of halogens is 1. The molecule has 0 aliphatic carbocycles. The number of rotatable bonds is 3. The number of aryl methyl sites for hydroxylation is 1. The molecule has 0 unspecified atom stereocenters. The number of aromatic nitrogens is 2. The van der Waals surface area contributed by atoms with Crippen LogP contribution in [0.2, 0.25) is 5.02 Å². The Bertz CT molecular complexity index is 1040. The van der Waals surface area contributed by atoms with Gasteiger partial charge in [-0.15, -0.1) is 0 Å². The highest BCUT2D eigenvalue weighted by molar-refractivity contribution is 6.33. The first-order valence-electron chi connectivity index (χ1n) is 8.04. The van der Waals surface area contributed by atoms with Crippen LogP contribution in [0.25, 0.3) is 11.3 Å². The SMILES string of the molecule is Cn1cc(C(=O)Nc2ccc3c(c2)CC(=O)N3)c(-c2ccccc2Cl)n1. The Hall–Kier alpha value is -3.12. The molecule has 0 bridgehead atoms. The molecule has 130 valence electrons. The molecule has 0 saturated heterocycles. The van der Waals surface area contributed by atoms with E-state index < -0.39 is 0 Å². The van der Waals surface area contributed by atoms with Crippen molar-refractivity contribution in [3.63, 3.8) is 0 Å². The minimum absolute atomic E-state index is 0.0447. The molecular weight excluding hydrogens is 352 g/mol. The van der Waals surface area contributed by atoms with Gasteiger partial charge in [0.15, 0.2) is 0 Å². The Morgan fingerprint density at radius 2 is 2.08 bits per heavy atom. The van der Waals surface area contributed by atoms with E-state index in [2.05, 4.69) is 15.7 Å². The van der Waals surface area contributed by atoms with E-state index >= 15 is 0 Å². The second-order valence-corrected chi connectivity index (χ2v) is 6.50. The Morgan fingerprint density at radius 3 is 2.88 bits per heavy atom. The zero-order valence-corrected chi connectivity index (χ0v) is 14.7. The van der Waals surface area contributed by atoms with E-state index in [4.69, 9.17) is 11.6 Å². The van der Waals surface area contributed by atoms with Crippen molar-refractivity contribution >= 4 is 34.8 Å². The van der Waals surface area contributed by atoms with Gasteiger partial charge in [0.1, 0.15) is 5.69 Å². The fraction of sp³-hybridized carbons (Fsp3) is 0.105. The van der Waals surface area contributed by atoms with Crippen molar-refractivity contribution in [1.82, 2.24) is 9.78 Å². The zero-order valence-electron chi connectivity index (χ0n) is 13.9. The third-order valence-electron chi connectivity index (χ3n) is 4.19. The number of nitrogens with zero attached hydrogens (tertiary/aromatic N) is 2. The van der Waals surface area contributed by atoms with E-state index in [-0.39, 0.29) is 11.8 Å². The van der Waals surface area contributed by atoms with Gasteiger partial charge in [-0.05, 0) is 29.8 Å². The molecule has 2 N–H and O–H groups in total. The summed E-state index contributed by atoms with van der Waals surface area (Å²) in [6, 6.07) is 12.6. The second kappa shape index (κ2) is 6.31. The molecule has 1 aliphatic heterocycles. The third-order valence-corrected chi connectivity index (χ3v) is 4.52. The minimum atomic E-state index is -0.287. The summed E-state index contributed by atoms with van der Waals surface area (Å²) >= 11 is 6.26. The number of carbonyl (C=O) groups excluding carboxylic acids is 2. The molecule has 3 aromatic rings. The highest BCUT2D eigenvalue weighted by Gasteiger charge is 2.21. The summed E-state index contributed by atoms with van der Waals surface area (Å²) in [7, 11) is 1.75. The maximum Gasteiger partial charge on any atom is 0.259 e. The molecular formula is C19H15ClN4O2. The van der Waals surface area contributed by atoms with Crippen LogP contribution in [0.5, 0.6) is 0 Å². The van der Waals surface area contributed by atoms with Gasteiger partial charge in [-0.1, -0.05) is 29.8 Å². The van der Waals surface area contributed by atoms with Gasteiger partial charge in [-0.3, -0.25) is 14.3 Å². The summed E-state index contributed by atoms with van der Waals surface area (Å²) in [6.07, 6.45) is 1.98. The van der Waals surface area contributed by atoms with E-state index in [0.717, 1.165) is 11.3 Å². The van der Waals surface area contributed by atoms with Gasteiger partial charge in [-0.25, -0.2) is 0 Å². The number of hydrogen-bond acceptors (Lipinski definition) is 3. The molecule has 6 nitrogen and oxygen atoms in total. The van der Waals surface area contributed by atoms with Crippen molar-refractivity contribution in [3.8, 4) is 11.3 Å². The predicted octanol–water partition coefficient (Wildman–Crippen LogP) is 3.49. The van der Waals surface area contributed by atoms with E-state index in [0.29, 0.717) is 34.0 Å². The molecule has 26 heavy (non-hydrogen) atoms. The first-order valence-corrected chi connectivity index (χ1v) is 8.42. The minimum Gasteiger partial charge on any atom is -0.326 e. The molecule has 0 atom stereocenters. The highest BCUT2D eigenvalue weighted by Crippen LogP contribution is 2.30. The average molecular weight is 367 g/mol. The Morgan fingerprint density at radius 1 is 1.27 bits per heavy atom. The van der Waals surface area contributed by atoms with Crippen molar-refractivity contribution in [2.24, 2.45) is 7.05 Å². The van der Waals surface area contributed by atoms with Gasteiger partial charge >= 0.3 is 0 Å². The molecule has 4 rings (SSSR count). The van der Waals surface area contributed by atoms with E-state index in [9.17, 15) is 9.59 Å². The lowest BCUT2D eigenvalue weighted by atomic mass is 10.1. The molecule has 1 aliphatic rings. The Kier molecular flexibility index (Phi) is 3.97. The zero-order chi connectivity index (χ0) is 18.3. The van der Waals surface area contributed by atoms with Crippen LogP contribution in [0, 0.1) is 0 Å². The maximum atomic E-state index is 12.8. The monoisotopic (exact) mass is 366 g/mol. The molecule has 2 aromatic carbocycles. The molecule has 0 saturated carbocycles. The molecule has 1 aromatic heterocycles. The number of benzene rings is 2. The largest absolute Gasteiger partial charge is 0.326 e. The predicted molar refractivity (Wildman–Crippen MR) is 100 cm³/mol. The van der Waals surface area contributed by atoms with Gasteiger partial charge in [0.05, 0.1) is 17.0 Å². The lowest BCUT2D eigenvalue weighted by molar-refractivity contribution is -0.115. The lowest BCUT2D eigenvalue weighted by Gasteiger charge is -2.08. The number of nitrogens with one attached hydrogen (secondary N) is 2. The van der Waals surface area contributed by atoms with Crippen LogP contribution in [-0.4, -0.2) is 21.6 Å². The quantitative estimate of drug-likeness (QED) is 0.745. The average Bonchev–Trinajstić information content (AvgIpc) is 3.16. The van der Waals surface area contributed by atoms with Crippen LogP contribution in [-0.2, 0) is 18.3 Å². The van der Waals surface area contributed by atoms with Crippen LogP contribution in [0.15, 0.2) is 48.7 Å². The summed E-state index contributed by atoms with van der Waals surface area (Å²) in [5.74, 6) is -0.331. The van der Waals surface area contributed by atoms with Crippen LogP contribution in [0.4, 0.5) is 11.4 Å². The van der Waals surface area contributed by atoms with Crippen molar-refractivity contribution in [1.29, 1.82) is 0 Å². The first-order chi connectivity index (χ1) is 12.5. The maximum absolute atomic E-state index is 12.8. The van der Waals surface area contributed by atoms with Crippen LogP contribution in [0.1, 0.15) is 15.9 Å². The Labute approximate surface area is 154 Å². The van der Waals surface area contributed by atoms with Gasteiger partial charge in [0.25, 0.3) is 5.91 Å². The fourth-order valence-corrected chi connectivity index (χ4v) is 3.24. The Balaban J connectivity index is 1.65. The number of anilines is 2. The topological polar surface area (TPSA) is 76.0 Å². The van der Waals surface area contributed by atoms with Crippen molar-refractivity contribution in [3.05, 3.63) is 64.8 Å². The highest BCUT2D eigenvalue weighted by atomic mass is 35.5. The van der Waals surface area contributed by atoms with Gasteiger partial charge in [0.2, 0.25) is 5.91 Å². The molecule has 0 fully saturated rings. The number of fused-ring (bicyclic) bond motifs is 1. The number of amides is 2. The van der Waals surface area contributed by atoms with Crippen LogP contribution in [0.3, 0.4) is 0 Å². The van der Waals surface area contributed by atoms with E-state index in [1.54, 1.807) is 42.2 Å². The first kappa shape index (κ1) is 16.4. The summed E-state index contributed by atoms with van der Waals surface area (Å²) in [4.78, 5) is 24.3. The summed E-state index contributed by atoms with van der Waals surface area (Å²) in [6.45, 7) is 0. The van der Waals surface area contributed by atoms with Crippen molar-refractivity contribution in [2.45, 2.75) is 6.42 Å². The molecule has 2 heterocycles. The summed E-state index contributed by atoms with van der Waals surface area (Å²) in [5.41, 5.74) is 3.92. The van der Waals surface area contributed by atoms with Crippen LogP contribution < -0.4 is 10.6 Å². The van der Waals surface area contributed by atoms with Gasteiger partial charge < -0.3 is 10.6 Å². The molecule has 0 spiro atoms. The van der Waals surface area contributed by atoms with E-state index in [1.807, 2.05) is 18.2 Å². The van der Waals surface area contributed by atoms with Gasteiger partial charge in [0, 0.05) is 30.2 Å². The summed E-state index contributed by atoms with van der Waals surface area (Å²) < 4.78 is 1.58. The van der Waals surface area contributed by atoms with E-state index in [1.165, 1.54) is 0 Å². The van der Waals surface area contributed by atoms with Gasteiger partial charge in [-0.2, -0.15) is 5.10 Å². The fourth-order valence-electron chi connectivity index (χ4n) is 3.01. The number of carbonyl (C=O) groups is 2. The normalized spacial score (nSPS) is 12.6. The van der Waals surface area contributed by atoms with Crippen molar-refractivity contribution in [2.75, 3.05) is 10.6 Å². The van der Waals surface area contributed by atoms with Crippen LogP contribution >= 0.6 is 11.6 Å². The molecule has 0 radical (unpaired) electrons. The smallest absolute Gasteiger partial charge is 0.259 e. The van der Waals surface area contributed by atoms with Crippen molar-refractivity contribution < 1.29 is 9.59 Å². The second-order valence-electron chi connectivity index (χ2n) is 6.10. The summed E-state index contributed by atoms with van der Waals surface area (Å²) in [5, 5.41) is 10.6. The number of hydrogen-bond donors (Lipinski definition) is 2.